The Bertz CT molecular complexity index is 608. The van der Waals surface area contributed by atoms with Gasteiger partial charge in [0.15, 0.2) is 18.2 Å². The van der Waals surface area contributed by atoms with Crippen LogP contribution in [0.1, 0.15) is 25.6 Å². The topological polar surface area (TPSA) is 114 Å². The number of carbonyl (C=O) groups is 2. The van der Waals surface area contributed by atoms with Crippen molar-refractivity contribution in [2.24, 2.45) is 0 Å². The number of aryl methyl sites for hydroxylation is 1. The van der Waals surface area contributed by atoms with Gasteiger partial charge in [-0.05, 0) is 13.3 Å². The summed E-state index contributed by atoms with van der Waals surface area (Å²) in [5, 5.41) is 11.9. The molecule has 0 atom stereocenters. The Morgan fingerprint density at radius 3 is 2.96 bits per heavy atom. The molecule has 2 heterocycles. The first-order valence-electron chi connectivity index (χ1n) is 7.89. The van der Waals surface area contributed by atoms with Crippen molar-refractivity contribution in [2.75, 3.05) is 43.1 Å². The molecule has 0 aliphatic carbocycles. The van der Waals surface area contributed by atoms with Gasteiger partial charge in [0.1, 0.15) is 12.4 Å². The number of nitrogens with zero attached hydrogens (tertiary/aromatic N) is 3. The van der Waals surface area contributed by atoms with Gasteiger partial charge in [-0.25, -0.2) is 9.97 Å². The van der Waals surface area contributed by atoms with Crippen molar-refractivity contribution >= 4 is 23.5 Å². The fraction of sp³-hybridized carbons (Fsp3) is 0.600. The van der Waals surface area contributed by atoms with E-state index < -0.39 is 5.97 Å². The molecule has 0 spiro atoms. The number of rotatable bonds is 8. The van der Waals surface area contributed by atoms with Gasteiger partial charge in [-0.1, -0.05) is 13.3 Å². The number of hydrogen-bond acceptors (Lipinski definition) is 8. The molecule has 2 rings (SSSR count). The van der Waals surface area contributed by atoms with Crippen molar-refractivity contribution in [2.45, 2.75) is 26.7 Å². The van der Waals surface area contributed by atoms with Crippen LogP contribution >= 0.6 is 0 Å². The molecule has 0 radical (unpaired) electrons. The van der Waals surface area contributed by atoms with Crippen molar-refractivity contribution in [3.63, 3.8) is 0 Å². The van der Waals surface area contributed by atoms with Crippen LogP contribution in [0.15, 0.2) is 0 Å². The molecule has 9 heteroatoms. The Morgan fingerprint density at radius 2 is 2.25 bits per heavy atom. The quantitative estimate of drug-likeness (QED) is 0.512. The van der Waals surface area contributed by atoms with Gasteiger partial charge in [-0.15, -0.1) is 0 Å². The summed E-state index contributed by atoms with van der Waals surface area (Å²) in [6.07, 6.45) is 1.69. The van der Waals surface area contributed by atoms with Crippen LogP contribution in [0.4, 0.5) is 11.6 Å². The fourth-order valence-electron chi connectivity index (χ4n) is 2.16. The summed E-state index contributed by atoms with van der Waals surface area (Å²) in [6, 6.07) is 0. The number of aliphatic hydroxyl groups is 1. The lowest BCUT2D eigenvalue weighted by Crippen LogP contribution is -2.43. The zero-order valence-corrected chi connectivity index (χ0v) is 13.9. The number of anilines is 2. The van der Waals surface area contributed by atoms with Gasteiger partial charge in [0.05, 0.1) is 13.2 Å². The van der Waals surface area contributed by atoms with Crippen LogP contribution in [0.3, 0.4) is 0 Å². The van der Waals surface area contributed by atoms with E-state index in [1.54, 1.807) is 6.92 Å². The standard InChI is InChI=1S/C15H22N4O5/c1-3-4-7-23-12(22)8-19-11(21)9-24-13-14(16-5-6-20)17-10(2)18-15(13)19/h20H,3-9H2,1-2H3,(H,16,17,18). The number of ether oxygens (including phenoxy) is 2. The van der Waals surface area contributed by atoms with Crippen molar-refractivity contribution < 1.29 is 24.2 Å². The minimum Gasteiger partial charge on any atom is -0.476 e. The molecule has 9 nitrogen and oxygen atoms in total. The molecule has 24 heavy (non-hydrogen) atoms. The normalized spacial score (nSPS) is 13.3. The lowest BCUT2D eigenvalue weighted by molar-refractivity contribution is -0.143. The number of esters is 1. The van der Waals surface area contributed by atoms with Crippen LogP contribution in [-0.2, 0) is 14.3 Å². The summed E-state index contributed by atoms with van der Waals surface area (Å²) in [5.74, 6) is 0.439. The molecular formula is C15H22N4O5. The average molecular weight is 338 g/mol. The molecule has 0 saturated heterocycles. The van der Waals surface area contributed by atoms with E-state index in [0.717, 1.165) is 12.8 Å². The second kappa shape index (κ2) is 8.44. The molecule has 0 unspecified atom stereocenters. The van der Waals surface area contributed by atoms with Gasteiger partial charge in [0, 0.05) is 6.54 Å². The van der Waals surface area contributed by atoms with Gasteiger partial charge in [-0.2, -0.15) is 0 Å². The summed E-state index contributed by atoms with van der Waals surface area (Å²) in [7, 11) is 0. The number of unbranched alkanes of at least 4 members (excludes halogenated alkanes) is 1. The smallest absolute Gasteiger partial charge is 0.326 e. The predicted molar refractivity (Wildman–Crippen MR) is 86.1 cm³/mol. The van der Waals surface area contributed by atoms with E-state index in [-0.39, 0.29) is 43.8 Å². The molecular weight excluding hydrogens is 316 g/mol. The summed E-state index contributed by atoms with van der Waals surface area (Å²) >= 11 is 0. The van der Waals surface area contributed by atoms with Crippen LogP contribution in [0.2, 0.25) is 0 Å². The largest absolute Gasteiger partial charge is 0.476 e. The van der Waals surface area contributed by atoms with Crippen molar-refractivity contribution in [3.05, 3.63) is 5.82 Å². The highest BCUT2D eigenvalue weighted by Crippen LogP contribution is 2.35. The Kier molecular flexibility index (Phi) is 6.30. The van der Waals surface area contributed by atoms with E-state index in [1.165, 1.54) is 4.90 Å². The highest BCUT2D eigenvalue weighted by Gasteiger charge is 2.32. The molecule has 1 aliphatic heterocycles. The number of carbonyl (C=O) groups excluding carboxylic acids is 2. The van der Waals surface area contributed by atoms with Crippen LogP contribution in [0.5, 0.6) is 5.75 Å². The number of amides is 1. The number of aliphatic hydroxyl groups excluding tert-OH is 1. The summed E-state index contributed by atoms with van der Waals surface area (Å²) < 4.78 is 10.5. The Labute approximate surface area is 140 Å². The van der Waals surface area contributed by atoms with Crippen LogP contribution in [0, 0.1) is 6.92 Å². The maximum Gasteiger partial charge on any atom is 0.326 e. The Hall–Kier alpha value is -2.42. The minimum absolute atomic E-state index is 0.0791. The van der Waals surface area contributed by atoms with Gasteiger partial charge in [0.2, 0.25) is 5.75 Å². The lowest BCUT2D eigenvalue weighted by atomic mass is 10.3. The van der Waals surface area contributed by atoms with Gasteiger partial charge < -0.3 is 19.9 Å². The van der Waals surface area contributed by atoms with Crippen LogP contribution in [-0.4, -0.2) is 59.9 Å². The fourth-order valence-corrected chi connectivity index (χ4v) is 2.16. The number of fused-ring (bicyclic) bond motifs is 1. The number of nitrogens with one attached hydrogen (secondary N) is 1. The maximum atomic E-state index is 12.1. The zero-order chi connectivity index (χ0) is 17.5. The summed E-state index contributed by atoms with van der Waals surface area (Å²) in [4.78, 5) is 33.7. The van der Waals surface area contributed by atoms with E-state index in [9.17, 15) is 9.59 Å². The molecule has 132 valence electrons. The van der Waals surface area contributed by atoms with E-state index in [4.69, 9.17) is 14.6 Å². The van der Waals surface area contributed by atoms with Gasteiger partial charge in [0.25, 0.3) is 5.91 Å². The van der Waals surface area contributed by atoms with Crippen LogP contribution in [0.25, 0.3) is 0 Å². The number of aromatic nitrogens is 2. The molecule has 0 aromatic carbocycles. The summed E-state index contributed by atoms with van der Waals surface area (Å²) in [6.45, 7) is 3.75. The Balaban J connectivity index is 2.21. The number of hydrogen-bond donors (Lipinski definition) is 2. The third-order valence-corrected chi connectivity index (χ3v) is 3.31. The highest BCUT2D eigenvalue weighted by molar-refractivity contribution is 6.01. The molecule has 1 aliphatic rings. The average Bonchev–Trinajstić information content (AvgIpc) is 2.55. The van der Waals surface area contributed by atoms with E-state index in [0.29, 0.717) is 18.2 Å². The van der Waals surface area contributed by atoms with Gasteiger partial charge in [-0.3, -0.25) is 14.5 Å². The van der Waals surface area contributed by atoms with Gasteiger partial charge >= 0.3 is 5.97 Å². The minimum atomic E-state index is -0.495. The summed E-state index contributed by atoms with van der Waals surface area (Å²) in [5.41, 5.74) is 0. The molecule has 0 bridgehead atoms. The molecule has 1 aromatic heterocycles. The third-order valence-electron chi connectivity index (χ3n) is 3.31. The maximum absolute atomic E-state index is 12.1. The molecule has 2 N–H and O–H groups in total. The highest BCUT2D eigenvalue weighted by atomic mass is 16.5. The monoisotopic (exact) mass is 338 g/mol. The van der Waals surface area contributed by atoms with Crippen molar-refractivity contribution in [3.8, 4) is 5.75 Å². The lowest BCUT2D eigenvalue weighted by Gasteiger charge is -2.28. The second-order valence-corrected chi connectivity index (χ2v) is 5.27. The Morgan fingerprint density at radius 1 is 1.46 bits per heavy atom. The predicted octanol–water partition coefficient (Wildman–Crippen LogP) is 0.258. The molecule has 0 fully saturated rings. The molecule has 1 aromatic rings. The first-order valence-corrected chi connectivity index (χ1v) is 7.89. The first kappa shape index (κ1) is 17.9. The van der Waals surface area contributed by atoms with Crippen LogP contribution < -0.4 is 15.0 Å². The first-order chi connectivity index (χ1) is 11.6. The molecule has 0 saturated carbocycles. The third kappa shape index (κ3) is 4.31. The van der Waals surface area contributed by atoms with E-state index in [2.05, 4.69) is 15.3 Å². The zero-order valence-electron chi connectivity index (χ0n) is 13.9. The SMILES string of the molecule is CCCCOC(=O)CN1C(=O)COc2c(NCCO)nc(C)nc21. The van der Waals surface area contributed by atoms with E-state index >= 15 is 0 Å². The van der Waals surface area contributed by atoms with E-state index in [1.807, 2.05) is 6.92 Å². The van der Waals surface area contributed by atoms with Crippen molar-refractivity contribution in [1.82, 2.24) is 9.97 Å². The second-order valence-electron chi connectivity index (χ2n) is 5.27. The van der Waals surface area contributed by atoms with Crippen molar-refractivity contribution in [1.29, 1.82) is 0 Å². The molecule has 1 amide bonds.